The minimum atomic E-state index is -0.941. The van der Waals surface area contributed by atoms with Gasteiger partial charge in [-0.1, -0.05) is 43.9 Å². The van der Waals surface area contributed by atoms with Gasteiger partial charge in [-0.2, -0.15) is 10.4 Å². The van der Waals surface area contributed by atoms with Crippen LogP contribution in [0.2, 0.25) is 0 Å². The minimum Gasteiger partial charge on any atom is -0.378 e. The van der Waals surface area contributed by atoms with Crippen molar-refractivity contribution >= 4 is 17.6 Å². The predicted octanol–water partition coefficient (Wildman–Crippen LogP) is 3.86. The van der Waals surface area contributed by atoms with Gasteiger partial charge in [-0.25, -0.2) is 5.84 Å². The van der Waals surface area contributed by atoms with Gasteiger partial charge in [0.25, 0.3) is 5.91 Å². The highest BCUT2D eigenvalue weighted by Gasteiger charge is 2.60. The number of amidine groups is 1. The van der Waals surface area contributed by atoms with Gasteiger partial charge in [-0.15, -0.1) is 0 Å². The second-order valence-corrected chi connectivity index (χ2v) is 15.1. The topological polar surface area (TPSA) is 156 Å². The van der Waals surface area contributed by atoms with Crippen LogP contribution >= 0.6 is 0 Å². The number of allylic oxidation sites excluding steroid dienone is 4. The lowest BCUT2D eigenvalue weighted by Crippen LogP contribution is -2.54. The molecule has 5 atom stereocenters. The fourth-order valence-corrected chi connectivity index (χ4v) is 8.59. The summed E-state index contributed by atoms with van der Waals surface area (Å²) in [6.45, 7) is 12.9. The Balaban J connectivity index is 1.57. The van der Waals surface area contributed by atoms with Crippen LogP contribution in [-0.2, 0) is 16.6 Å². The van der Waals surface area contributed by atoms with E-state index in [2.05, 4.69) is 55.0 Å². The number of nitriles is 1. The Labute approximate surface area is 297 Å². The van der Waals surface area contributed by atoms with E-state index < -0.39 is 11.0 Å². The molecule has 5 unspecified atom stereocenters. The summed E-state index contributed by atoms with van der Waals surface area (Å²) in [6.07, 6.45) is 10.1. The molecular formula is C39H55N9O2. The molecule has 1 aliphatic heterocycles. The first-order chi connectivity index (χ1) is 23.8. The molecule has 0 spiro atoms. The van der Waals surface area contributed by atoms with E-state index in [1.165, 1.54) is 5.57 Å². The number of hydrazine groups is 1. The summed E-state index contributed by atoms with van der Waals surface area (Å²) < 4.78 is 0. The van der Waals surface area contributed by atoms with Crippen LogP contribution < -0.4 is 22.4 Å². The normalized spacial score (nSPS) is 26.6. The number of likely N-dealkylation sites (N-methyl/N-ethyl adjacent to an activating group) is 1. The Kier molecular flexibility index (Phi) is 10.7. The third kappa shape index (κ3) is 6.71. The monoisotopic (exact) mass is 681 g/mol. The van der Waals surface area contributed by atoms with E-state index >= 15 is 0 Å². The predicted molar refractivity (Wildman–Crippen MR) is 198 cm³/mol. The second kappa shape index (κ2) is 14.4. The van der Waals surface area contributed by atoms with Crippen LogP contribution in [0.1, 0.15) is 80.3 Å². The van der Waals surface area contributed by atoms with E-state index in [0.717, 1.165) is 66.5 Å². The molecule has 0 aromatic heterocycles. The molecule has 2 saturated carbocycles. The zero-order valence-corrected chi connectivity index (χ0v) is 30.7. The Morgan fingerprint density at radius 2 is 1.92 bits per heavy atom. The molecule has 1 aromatic rings. The van der Waals surface area contributed by atoms with E-state index in [1.807, 2.05) is 48.2 Å². The maximum absolute atomic E-state index is 13.7. The highest BCUT2D eigenvalue weighted by Crippen LogP contribution is 2.54. The molecular weight excluding hydrogens is 626 g/mol. The zero-order valence-electron chi connectivity index (χ0n) is 30.7. The number of carbonyl (C=O) groups excluding carboxylic acids is 2. The van der Waals surface area contributed by atoms with Crippen LogP contribution in [0.4, 0.5) is 0 Å². The van der Waals surface area contributed by atoms with Crippen LogP contribution in [0.25, 0.3) is 0 Å². The van der Waals surface area contributed by atoms with Crippen LogP contribution in [0, 0.1) is 23.2 Å². The number of likely N-dealkylation sites (tertiary alicyclic amines) is 1. The van der Waals surface area contributed by atoms with E-state index in [9.17, 15) is 14.9 Å². The SMILES string of the molecule is C=CC1=C(CC/C=C(\C)C(=C)N(C)C)CCc2cc(C(=O)N(C)C)ccc2C1(CC1(NCC(=O)N2C(C#N)CC3C(C)C32)CC1)/C(=N/N)NN. The molecule has 0 bridgehead atoms. The molecule has 6 N–H and O–H groups in total. The lowest BCUT2D eigenvalue weighted by molar-refractivity contribution is -0.131. The molecule has 50 heavy (non-hydrogen) atoms. The number of hydrogen-bond donors (Lipinski definition) is 4. The Morgan fingerprint density at radius 1 is 1.20 bits per heavy atom. The van der Waals surface area contributed by atoms with E-state index in [-0.39, 0.29) is 30.4 Å². The third-order valence-electron chi connectivity index (χ3n) is 11.7. The van der Waals surface area contributed by atoms with Crippen molar-refractivity contribution < 1.29 is 9.59 Å². The second-order valence-electron chi connectivity index (χ2n) is 15.1. The highest BCUT2D eigenvalue weighted by molar-refractivity contribution is 5.99. The molecule has 268 valence electrons. The van der Waals surface area contributed by atoms with Crippen molar-refractivity contribution in [2.45, 2.75) is 88.3 Å². The molecule has 1 saturated heterocycles. The van der Waals surface area contributed by atoms with Crippen molar-refractivity contribution in [2.75, 3.05) is 34.7 Å². The van der Waals surface area contributed by atoms with Gasteiger partial charge in [0.2, 0.25) is 5.91 Å². The summed E-state index contributed by atoms with van der Waals surface area (Å²) in [6, 6.07) is 8.02. The Bertz CT molecular complexity index is 1680. The highest BCUT2D eigenvalue weighted by atomic mass is 16.2. The van der Waals surface area contributed by atoms with Crippen LogP contribution in [0.5, 0.6) is 0 Å². The van der Waals surface area contributed by atoms with Crippen molar-refractivity contribution in [3.05, 3.63) is 82.6 Å². The zero-order chi connectivity index (χ0) is 36.5. The number of piperidine rings is 1. The van der Waals surface area contributed by atoms with Crippen LogP contribution in [-0.4, -0.2) is 84.7 Å². The molecule has 0 radical (unpaired) electrons. The van der Waals surface area contributed by atoms with Crippen molar-refractivity contribution in [2.24, 2.45) is 28.6 Å². The van der Waals surface area contributed by atoms with Gasteiger partial charge < -0.3 is 31.3 Å². The van der Waals surface area contributed by atoms with Gasteiger partial charge in [0, 0.05) is 51.0 Å². The summed E-state index contributed by atoms with van der Waals surface area (Å²) >= 11 is 0. The Morgan fingerprint density at radius 3 is 2.50 bits per heavy atom. The van der Waals surface area contributed by atoms with Gasteiger partial charge in [0.15, 0.2) is 5.84 Å². The smallest absolute Gasteiger partial charge is 0.253 e. The number of benzene rings is 1. The molecule has 5 rings (SSSR count). The molecule has 1 heterocycles. The average Bonchev–Trinajstić information content (AvgIpc) is 3.97. The first-order valence-electron chi connectivity index (χ1n) is 17.7. The van der Waals surface area contributed by atoms with Crippen LogP contribution in [0.3, 0.4) is 0 Å². The molecule has 4 aliphatic rings. The standard InChI is InChI=1S/C39H55N9O2/c1-9-32-27(12-10-11-24(2)26(4)46(5)6)13-14-28-19-29(36(50)47(7)8)15-16-33(28)39(32,37(44-41)45-42)23-38(17-18-38)43-22-34(49)48-30(21-40)20-31-25(3)35(31)48/h9,11,15-16,19,25,30-31,35,43H,1,4,10,12-14,17-18,20,22-23,41-42H2,2-3,5-8H3,(H,44,45)/b24-11+. The van der Waals surface area contributed by atoms with E-state index in [1.54, 1.807) is 19.0 Å². The van der Waals surface area contributed by atoms with Crippen molar-refractivity contribution in [3.8, 4) is 6.07 Å². The number of carbonyl (C=O) groups is 2. The Hall–Kier alpha value is -4.40. The van der Waals surface area contributed by atoms with Gasteiger partial charge in [-0.3, -0.25) is 9.59 Å². The first-order valence-corrected chi connectivity index (χ1v) is 17.7. The number of amides is 2. The first kappa shape index (κ1) is 36.9. The largest absolute Gasteiger partial charge is 0.378 e. The fourth-order valence-electron chi connectivity index (χ4n) is 8.59. The number of nitrogens with one attached hydrogen (secondary N) is 2. The summed E-state index contributed by atoms with van der Waals surface area (Å²) in [5.41, 5.74) is 8.37. The maximum Gasteiger partial charge on any atom is 0.253 e. The van der Waals surface area contributed by atoms with Gasteiger partial charge in [0.1, 0.15) is 6.04 Å². The molecule has 11 nitrogen and oxygen atoms in total. The van der Waals surface area contributed by atoms with Crippen molar-refractivity contribution in [1.82, 2.24) is 25.4 Å². The number of fused-ring (bicyclic) bond motifs is 2. The minimum absolute atomic E-state index is 0.0341. The van der Waals surface area contributed by atoms with E-state index in [4.69, 9.17) is 11.7 Å². The van der Waals surface area contributed by atoms with Crippen LogP contribution in [0.15, 0.2) is 71.0 Å². The van der Waals surface area contributed by atoms with Gasteiger partial charge >= 0.3 is 0 Å². The number of nitrogens with two attached hydrogens (primary N) is 2. The number of rotatable bonds is 13. The molecule has 1 aromatic carbocycles. The van der Waals surface area contributed by atoms with Gasteiger partial charge in [-0.05, 0) is 105 Å². The molecule has 3 fully saturated rings. The summed E-state index contributed by atoms with van der Waals surface area (Å²) in [4.78, 5) is 32.3. The number of nitrogens with zero attached hydrogens (tertiary/aromatic N) is 5. The lowest BCUT2D eigenvalue weighted by Gasteiger charge is -2.41. The number of aryl methyl sites for hydroxylation is 1. The lowest BCUT2D eigenvalue weighted by atomic mass is 9.66. The summed E-state index contributed by atoms with van der Waals surface area (Å²) in [7, 11) is 7.48. The maximum atomic E-state index is 13.7. The van der Waals surface area contributed by atoms with Crippen molar-refractivity contribution in [1.29, 1.82) is 5.26 Å². The summed E-state index contributed by atoms with van der Waals surface area (Å²) in [5.74, 6) is 13.6. The van der Waals surface area contributed by atoms with Crippen molar-refractivity contribution in [3.63, 3.8) is 0 Å². The average molecular weight is 682 g/mol. The third-order valence-corrected chi connectivity index (χ3v) is 11.7. The quantitative estimate of drug-likeness (QED) is 0.0805. The number of hydrazone groups is 1. The van der Waals surface area contributed by atoms with Gasteiger partial charge in [0.05, 0.1) is 18.0 Å². The fraction of sp³-hybridized carbons (Fsp3) is 0.538. The molecule has 11 heteroatoms. The molecule has 2 amide bonds. The molecule has 3 aliphatic carbocycles. The number of hydrogen-bond acceptors (Lipinski definition) is 8. The summed E-state index contributed by atoms with van der Waals surface area (Å²) in [5, 5.41) is 17.7. The van der Waals surface area contributed by atoms with E-state index in [0.29, 0.717) is 36.1 Å².